The Morgan fingerprint density at radius 1 is 1.62 bits per heavy atom. The second-order valence-corrected chi connectivity index (χ2v) is 2.57. The van der Waals surface area contributed by atoms with Crippen molar-refractivity contribution in [2.45, 2.75) is 0 Å². The summed E-state index contributed by atoms with van der Waals surface area (Å²) >= 11 is 5.66. The maximum absolute atomic E-state index is 5.66. The summed E-state index contributed by atoms with van der Waals surface area (Å²) in [4.78, 5) is 3.86. The van der Waals surface area contributed by atoms with E-state index in [0.717, 1.165) is 0 Å². The molecule has 1 heterocycles. The third kappa shape index (κ3) is 0.767. The number of halogens is 1. The van der Waals surface area contributed by atoms with Gasteiger partial charge in [0.2, 0.25) is 0 Å². The van der Waals surface area contributed by atoms with Crippen molar-refractivity contribution in [2.75, 3.05) is 14.1 Å². The Bertz CT molecular complexity index is 158. The third-order valence-electron chi connectivity index (χ3n) is 1.10. The van der Waals surface area contributed by atoms with E-state index in [2.05, 4.69) is 4.99 Å². The Hall–Kier alpha value is -0.340. The molecule has 44 valence electrons. The molecule has 1 aliphatic rings. The van der Waals surface area contributed by atoms with Crippen molar-refractivity contribution >= 4 is 16.9 Å². The Labute approximate surface area is 53.7 Å². The van der Waals surface area contributed by atoms with Gasteiger partial charge < -0.3 is 0 Å². The van der Waals surface area contributed by atoms with Crippen LogP contribution in [-0.2, 0) is 0 Å². The predicted octanol–water partition coefficient (Wildman–Crippen LogP) is 1.14. The van der Waals surface area contributed by atoms with Gasteiger partial charge in [-0.3, -0.25) is 0 Å². The topological polar surface area (TPSA) is 12.4 Å². The van der Waals surface area contributed by atoms with Gasteiger partial charge in [-0.1, -0.05) is 0 Å². The molecular formula is C5H8ClN2+. The van der Waals surface area contributed by atoms with E-state index < -0.39 is 0 Å². The monoisotopic (exact) mass is 131 g/mol. The van der Waals surface area contributed by atoms with Crippen LogP contribution >= 0.6 is 11.6 Å². The van der Waals surface area contributed by atoms with E-state index in [9.17, 15) is 0 Å². The minimum absolute atomic E-state index is 0.571. The molecule has 3 heteroatoms. The van der Waals surface area contributed by atoms with Crippen LogP contribution in [0.1, 0.15) is 0 Å². The van der Waals surface area contributed by atoms with Crippen LogP contribution in [0.15, 0.2) is 17.4 Å². The highest BCUT2D eigenvalue weighted by molar-refractivity contribution is 6.62. The van der Waals surface area contributed by atoms with E-state index in [1.165, 1.54) is 0 Å². The number of quaternary nitrogens is 1. The first kappa shape index (κ1) is 5.79. The minimum Gasteiger partial charge on any atom is -0.242 e. The molecule has 0 saturated heterocycles. The highest BCUT2D eigenvalue weighted by Crippen LogP contribution is 2.11. The SMILES string of the molecule is C[N+]1(C)C=CN=C1Cl. The smallest absolute Gasteiger partial charge is 0.242 e. The van der Waals surface area contributed by atoms with Gasteiger partial charge in [0.05, 0.1) is 20.3 Å². The van der Waals surface area contributed by atoms with E-state index in [1.807, 2.05) is 20.3 Å². The van der Waals surface area contributed by atoms with Gasteiger partial charge in [-0.25, -0.2) is 4.48 Å². The maximum Gasteiger partial charge on any atom is 0.304 e. The van der Waals surface area contributed by atoms with Gasteiger partial charge in [-0.15, -0.1) is 0 Å². The summed E-state index contributed by atoms with van der Waals surface area (Å²) in [6.45, 7) is 0. The molecule has 0 fully saturated rings. The molecule has 0 spiro atoms. The Kier molecular flexibility index (Phi) is 1.14. The fourth-order valence-corrected chi connectivity index (χ4v) is 0.585. The van der Waals surface area contributed by atoms with Crippen LogP contribution in [0.3, 0.4) is 0 Å². The quantitative estimate of drug-likeness (QED) is 0.345. The van der Waals surface area contributed by atoms with Crippen LogP contribution in [0.2, 0.25) is 0 Å². The second kappa shape index (κ2) is 1.57. The first-order valence-electron chi connectivity index (χ1n) is 2.38. The Morgan fingerprint density at radius 3 is 2.38 bits per heavy atom. The molecule has 1 rings (SSSR count). The standard InChI is InChI=1S/C5H8ClN2/c1-8(2)4-3-7-5(8)6/h3-4H,1-2H3/q+1. The van der Waals surface area contributed by atoms with Crippen molar-refractivity contribution in [3.05, 3.63) is 12.4 Å². The molecule has 0 unspecified atom stereocenters. The second-order valence-electron chi connectivity index (χ2n) is 2.24. The summed E-state index contributed by atoms with van der Waals surface area (Å²) in [5, 5.41) is 0.616. The lowest BCUT2D eigenvalue weighted by Crippen LogP contribution is -2.34. The van der Waals surface area contributed by atoms with Crippen LogP contribution in [0, 0.1) is 0 Å². The Morgan fingerprint density at radius 2 is 2.25 bits per heavy atom. The number of hydrogen-bond donors (Lipinski definition) is 0. The molecule has 0 aromatic rings. The van der Waals surface area contributed by atoms with Crippen molar-refractivity contribution in [3.63, 3.8) is 0 Å². The molecule has 0 aromatic heterocycles. The van der Waals surface area contributed by atoms with Gasteiger partial charge in [-0.05, 0) is 0 Å². The number of hydrogen-bond acceptors (Lipinski definition) is 1. The highest BCUT2D eigenvalue weighted by atomic mass is 35.5. The molecular weight excluding hydrogens is 124 g/mol. The van der Waals surface area contributed by atoms with E-state index in [1.54, 1.807) is 6.20 Å². The molecule has 0 saturated carbocycles. The summed E-state index contributed by atoms with van der Waals surface area (Å²) in [6, 6.07) is 0. The number of rotatable bonds is 0. The highest BCUT2D eigenvalue weighted by Gasteiger charge is 2.22. The summed E-state index contributed by atoms with van der Waals surface area (Å²) in [5.74, 6) is 0. The zero-order valence-electron chi connectivity index (χ0n) is 4.93. The molecule has 0 atom stereocenters. The fraction of sp³-hybridized carbons (Fsp3) is 0.400. The van der Waals surface area contributed by atoms with Gasteiger partial charge >= 0.3 is 5.29 Å². The van der Waals surface area contributed by atoms with Crippen LogP contribution < -0.4 is 0 Å². The van der Waals surface area contributed by atoms with Crippen molar-refractivity contribution in [1.29, 1.82) is 0 Å². The average molecular weight is 132 g/mol. The summed E-state index contributed by atoms with van der Waals surface area (Å²) in [6.07, 6.45) is 3.63. The zero-order valence-corrected chi connectivity index (χ0v) is 5.68. The molecule has 0 N–H and O–H groups in total. The first-order chi connectivity index (χ1) is 3.63. The van der Waals surface area contributed by atoms with Crippen molar-refractivity contribution < 1.29 is 4.48 Å². The van der Waals surface area contributed by atoms with Crippen LogP contribution in [0.4, 0.5) is 0 Å². The van der Waals surface area contributed by atoms with Crippen molar-refractivity contribution in [2.24, 2.45) is 4.99 Å². The van der Waals surface area contributed by atoms with Crippen LogP contribution in [-0.4, -0.2) is 23.9 Å². The summed E-state index contributed by atoms with van der Waals surface area (Å²) in [7, 11) is 3.94. The van der Waals surface area contributed by atoms with Gasteiger partial charge in [0, 0.05) is 11.6 Å². The molecule has 0 aliphatic carbocycles. The number of nitrogens with zero attached hydrogens (tertiary/aromatic N) is 2. The van der Waals surface area contributed by atoms with Crippen LogP contribution in [0.5, 0.6) is 0 Å². The van der Waals surface area contributed by atoms with Gasteiger partial charge in [0.15, 0.2) is 0 Å². The molecule has 1 aliphatic heterocycles. The maximum atomic E-state index is 5.66. The van der Waals surface area contributed by atoms with Crippen molar-refractivity contribution in [3.8, 4) is 0 Å². The van der Waals surface area contributed by atoms with E-state index in [4.69, 9.17) is 11.6 Å². The Balaban J connectivity index is 2.87. The lowest BCUT2D eigenvalue weighted by atomic mass is 10.7. The number of amidine groups is 1. The lowest BCUT2D eigenvalue weighted by Gasteiger charge is -2.16. The number of aliphatic imine (C=N–C) groups is 1. The van der Waals surface area contributed by atoms with Crippen molar-refractivity contribution in [1.82, 2.24) is 0 Å². The summed E-state index contributed by atoms with van der Waals surface area (Å²) < 4.78 is 0.571. The van der Waals surface area contributed by atoms with Crippen LogP contribution in [0.25, 0.3) is 0 Å². The average Bonchev–Trinajstić information content (AvgIpc) is 1.86. The zero-order chi connectivity index (χ0) is 6.20. The largest absolute Gasteiger partial charge is 0.304 e. The molecule has 0 bridgehead atoms. The molecule has 2 nitrogen and oxygen atoms in total. The van der Waals surface area contributed by atoms with Gasteiger partial charge in [-0.2, -0.15) is 4.99 Å². The van der Waals surface area contributed by atoms with E-state index >= 15 is 0 Å². The normalized spacial score (nSPS) is 23.6. The van der Waals surface area contributed by atoms with E-state index in [-0.39, 0.29) is 0 Å². The van der Waals surface area contributed by atoms with E-state index in [0.29, 0.717) is 9.78 Å². The molecule has 8 heavy (non-hydrogen) atoms. The lowest BCUT2D eigenvalue weighted by molar-refractivity contribution is -0.736. The van der Waals surface area contributed by atoms with Gasteiger partial charge in [0.25, 0.3) is 0 Å². The molecule has 0 aromatic carbocycles. The predicted molar refractivity (Wildman–Crippen MR) is 34.5 cm³/mol. The fourth-order valence-electron chi connectivity index (χ4n) is 0.472. The third-order valence-corrected chi connectivity index (χ3v) is 1.63. The molecule has 0 amide bonds. The summed E-state index contributed by atoms with van der Waals surface area (Å²) in [5.41, 5.74) is 0. The van der Waals surface area contributed by atoms with Gasteiger partial charge in [0.1, 0.15) is 6.20 Å². The first-order valence-corrected chi connectivity index (χ1v) is 2.76. The molecule has 0 radical (unpaired) electrons. The minimum atomic E-state index is 0.571.